The van der Waals surface area contributed by atoms with E-state index >= 15 is 0 Å². The van der Waals surface area contributed by atoms with E-state index in [0.717, 1.165) is 37.4 Å². The number of hydrogen-bond acceptors (Lipinski definition) is 7. The van der Waals surface area contributed by atoms with Gasteiger partial charge >= 0.3 is 0 Å². The lowest BCUT2D eigenvalue weighted by atomic mass is 9.81. The number of carbonyl (C=O) groups is 2. The van der Waals surface area contributed by atoms with Crippen LogP contribution in [-0.4, -0.2) is 50.0 Å². The Labute approximate surface area is 198 Å². The Hall–Kier alpha value is -3.62. The zero-order chi connectivity index (χ0) is 23.8. The molecule has 0 bridgehead atoms. The summed E-state index contributed by atoms with van der Waals surface area (Å²) in [5.74, 6) is -0.209. The fourth-order valence-electron chi connectivity index (χ4n) is 5.48. The summed E-state index contributed by atoms with van der Waals surface area (Å²) >= 11 is 0. The van der Waals surface area contributed by atoms with Crippen LogP contribution >= 0.6 is 0 Å². The maximum Gasteiger partial charge on any atom is 0.294 e. The molecule has 5 rings (SSSR count). The number of carbonyl (C=O) groups excluding carboxylic acids is 2. The molecule has 34 heavy (non-hydrogen) atoms. The second kappa shape index (κ2) is 8.96. The number of ether oxygens (including phenoxy) is 1. The van der Waals surface area contributed by atoms with Gasteiger partial charge < -0.3 is 14.5 Å². The smallest absolute Gasteiger partial charge is 0.294 e. The van der Waals surface area contributed by atoms with Crippen LogP contribution in [0.3, 0.4) is 0 Å². The van der Waals surface area contributed by atoms with Crippen molar-refractivity contribution in [2.75, 3.05) is 48.0 Å². The summed E-state index contributed by atoms with van der Waals surface area (Å²) in [6, 6.07) is 12.6. The lowest BCUT2D eigenvalue weighted by Gasteiger charge is -2.37. The molecule has 2 saturated heterocycles. The van der Waals surface area contributed by atoms with E-state index in [2.05, 4.69) is 4.90 Å². The molecule has 2 heterocycles. The van der Waals surface area contributed by atoms with Crippen LogP contribution in [0.2, 0.25) is 0 Å². The average molecular weight is 465 g/mol. The Bertz CT molecular complexity index is 1090. The normalized spacial score (nSPS) is 22.7. The Morgan fingerprint density at radius 1 is 0.853 bits per heavy atom. The largest absolute Gasteiger partial charge is 0.497 e. The third kappa shape index (κ3) is 3.85. The Balaban J connectivity index is 1.35. The van der Waals surface area contributed by atoms with Crippen molar-refractivity contribution in [3.63, 3.8) is 0 Å². The Kier molecular flexibility index (Phi) is 5.85. The average Bonchev–Trinajstić information content (AvgIpc) is 3.13. The zero-order valence-corrected chi connectivity index (χ0v) is 19.2. The van der Waals surface area contributed by atoms with Crippen molar-refractivity contribution in [1.82, 2.24) is 0 Å². The molecular formula is C25H28N4O5. The topological polar surface area (TPSA) is 96.2 Å². The maximum absolute atomic E-state index is 12.9. The molecule has 178 valence electrons. The van der Waals surface area contributed by atoms with E-state index in [9.17, 15) is 19.7 Å². The van der Waals surface area contributed by atoms with E-state index in [1.807, 2.05) is 29.2 Å². The van der Waals surface area contributed by atoms with Gasteiger partial charge in [0.25, 0.3) is 5.69 Å². The standard InChI is InChI=1S/C25H28N4O5/c1-34-19-9-6-17(7-10-19)26-12-14-27(15-13-26)22-11-8-18(16-23(22)29(32)33)28-24(30)20-4-2-3-5-21(20)25(28)31/h6-11,16,20-21H,2-5,12-15H2,1H3/t20-,21-/m1/s1. The highest BCUT2D eigenvalue weighted by atomic mass is 16.6. The third-order valence-corrected chi connectivity index (χ3v) is 7.31. The number of benzene rings is 2. The molecule has 0 aromatic heterocycles. The lowest BCUT2D eigenvalue weighted by Crippen LogP contribution is -2.46. The summed E-state index contributed by atoms with van der Waals surface area (Å²) in [6.07, 6.45) is 3.31. The minimum Gasteiger partial charge on any atom is -0.497 e. The van der Waals surface area contributed by atoms with Crippen molar-refractivity contribution in [3.05, 3.63) is 52.6 Å². The predicted octanol–water partition coefficient (Wildman–Crippen LogP) is 3.61. The maximum atomic E-state index is 12.9. The fraction of sp³-hybridized carbons (Fsp3) is 0.440. The van der Waals surface area contributed by atoms with Gasteiger partial charge in [-0.25, -0.2) is 4.90 Å². The number of nitro benzene ring substituents is 1. The molecule has 2 atom stereocenters. The van der Waals surface area contributed by atoms with Gasteiger partial charge in [-0.3, -0.25) is 19.7 Å². The number of nitro groups is 1. The molecule has 0 radical (unpaired) electrons. The first-order valence-electron chi connectivity index (χ1n) is 11.8. The number of fused-ring (bicyclic) bond motifs is 1. The van der Waals surface area contributed by atoms with Gasteiger partial charge in [-0.05, 0) is 49.2 Å². The van der Waals surface area contributed by atoms with Crippen LogP contribution in [0, 0.1) is 22.0 Å². The van der Waals surface area contributed by atoms with Crippen LogP contribution in [0.25, 0.3) is 0 Å². The SMILES string of the molecule is COc1ccc(N2CCN(c3ccc(N4C(=O)[C@@H]5CCCC[C@H]5C4=O)cc3[N+](=O)[O-])CC2)cc1. The van der Waals surface area contributed by atoms with Gasteiger partial charge in [0.1, 0.15) is 11.4 Å². The second-order valence-corrected chi connectivity index (χ2v) is 9.11. The van der Waals surface area contributed by atoms with Gasteiger partial charge in [0.05, 0.1) is 29.6 Å². The van der Waals surface area contributed by atoms with Crippen molar-refractivity contribution in [3.8, 4) is 5.75 Å². The van der Waals surface area contributed by atoms with E-state index in [-0.39, 0.29) is 29.3 Å². The Morgan fingerprint density at radius 3 is 1.97 bits per heavy atom. The summed E-state index contributed by atoms with van der Waals surface area (Å²) in [4.78, 5) is 42.8. The molecule has 2 aliphatic heterocycles. The first-order chi connectivity index (χ1) is 16.5. The highest BCUT2D eigenvalue weighted by molar-refractivity contribution is 6.22. The number of imide groups is 1. The quantitative estimate of drug-likeness (QED) is 0.379. The summed E-state index contributed by atoms with van der Waals surface area (Å²) < 4.78 is 5.22. The molecule has 9 heteroatoms. The van der Waals surface area contributed by atoms with Crippen LogP contribution in [-0.2, 0) is 9.59 Å². The summed E-state index contributed by atoms with van der Waals surface area (Å²) in [5, 5.41) is 12.0. The zero-order valence-electron chi connectivity index (χ0n) is 19.2. The molecule has 1 saturated carbocycles. The van der Waals surface area contributed by atoms with Crippen LogP contribution in [0.4, 0.5) is 22.7 Å². The van der Waals surface area contributed by atoms with Crippen LogP contribution in [0.1, 0.15) is 25.7 Å². The molecule has 0 N–H and O–H groups in total. The summed E-state index contributed by atoms with van der Waals surface area (Å²) in [6.45, 7) is 2.69. The van der Waals surface area contributed by atoms with Crippen LogP contribution in [0.15, 0.2) is 42.5 Å². The van der Waals surface area contributed by atoms with Crippen molar-refractivity contribution in [2.45, 2.75) is 25.7 Å². The Morgan fingerprint density at radius 2 is 1.41 bits per heavy atom. The molecule has 0 unspecified atom stereocenters. The number of hydrogen-bond donors (Lipinski definition) is 0. The molecule has 3 fully saturated rings. The predicted molar refractivity (Wildman–Crippen MR) is 128 cm³/mol. The van der Waals surface area contributed by atoms with Gasteiger partial charge in [-0.15, -0.1) is 0 Å². The van der Waals surface area contributed by atoms with Crippen molar-refractivity contribution in [2.24, 2.45) is 11.8 Å². The van der Waals surface area contributed by atoms with Crippen LogP contribution in [0.5, 0.6) is 5.75 Å². The minimum atomic E-state index is -0.424. The summed E-state index contributed by atoms with van der Waals surface area (Å²) in [5.41, 5.74) is 1.82. The molecule has 2 aromatic carbocycles. The molecule has 2 amide bonds. The molecule has 0 spiro atoms. The second-order valence-electron chi connectivity index (χ2n) is 9.11. The molecule has 3 aliphatic rings. The van der Waals surface area contributed by atoms with E-state index in [1.165, 1.54) is 11.0 Å². The molecule has 2 aromatic rings. The number of nitrogens with zero attached hydrogens (tertiary/aromatic N) is 4. The number of anilines is 3. The van der Waals surface area contributed by atoms with E-state index in [4.69, 9.17) is 4.74 Å². The number of piperazine rings is 1. The molecule has 1 aliphatic carbocycles. The highest BCUT2D eigenvalue weighted by Crippen LogP contribution is 2.42. The van der Waals surface area contributed by atoms with Crippen molar-refractivity contribution < 1.29 is 19.2 Å². The molecular weight excluding hydrogens is 436 g/mol. The van der Waals surface area contributed by atoms with Gasteiger partial charge in [0, 0.05) is 37.9 Å². The number of rotatable bonds is 5. The fourth-order valence-corrected chi connectivity index (χ4v) is 5.48. The van der Waals surface area contributed by atoms with Gasteiger partial charge in [0.2, 0.25) is 11.8 Å². The number of amides is 2. The first-order valence-corrected chi connectivity index (χ1v) is 11.8. The highest BCUT2D eigenvalue weighted by Gasteiger charge is 2.49. The monoisotopic (exact) mass is 464 g/mol. The van der Waals surface area contributed by atoms with E-state index in [1.54, 1.807) is 19.2 Å². The molecule has 9 nitrogen and oxygen atoms in total. The first kappa shape index (κ1) is 22.2. The minimum absolute atomic E-state index is 0.0779. The number of methoxy groups -OCH3 is 1. The van der Waals surface area contributed by atoms with Gasteiger partial charge in [0.15, 0.2) is 0 Å². The van der Waals surface area contributed by atoms with Crippen molar-refractivity contribution in [1.29, 1.82) is 0 Å². The van der Waals surface area contributed by atoms with E-state index in [0.29, 0.717) is 37.3 Å². The third-order valence-electron chi connectivity index (χ3n) is 7.31. The van der Waals surface area contributed by atoms with Gasteiger partial charge in [-0.1, -0.05) is 12.8 Å². The van der Waals surface area contributed by atoms with Gasteiger partial charge in [-0.2, -0.15) is 0 Å². The van der Waals surface area contributed by atoms with Crippen LogP contribution < -0.4 is 19.4 Å². The lowest BCUT2D eigenvalue weighted by molar-refractivity contribution is -0.384. The summed E-state index contributed by atoms with van der Waals surface area (Å²) in [7, 11) is 1.63. The van der Waals surface area contributed by atoms with E-state index < -0.39 is 4.92 Å². The van der Waals surface area contributed by atoms with Crippen molar-refractivity contribution >= 4 is 34.6 Å².